The van der Waals surface area contributed by atoms with E-state index in [1.54, 1.807) is 0 Å². The van der Waals surface area contributed by atoms with E-state index in [1.807, 2.05) is 0 Å². The predicted molar refractivity (Wildman–Crippen MR) is 73.0 cm³/mol. The van der Waals surface area contributed by atoms with Crippen molar-refractivity contribution in [1.82, 2.24) is 4.98 Å². The molecule has 3 rings (SSSR count). The molecule has 0 bridgehead atoms. The summed E-state index contributed by atoms with van der Waals surface area (Å²) in [5, 5.41) is 2.80. The molecule has 3 nitrogen and oxygen atoms in total. The monoisotopic (exact) mass is 312 g/mol. The maximum atomic E-state index is 13.5. The van der Waals surface area contributed by atoms with E-state index in [0.29, 0.717) is 5.13 Å². The summed E-state index contributed by atoms with van der Waals surface area (Å²) >= 11 is 1.34. The third kappa shape index (κ3) is 2.65. The number of hydrogen-bond donors (Lipinski definition) is 1. The lowest BCUT2D eigenvalue weighted by atomic mass is 10.0. The van der Waals surface area contributed by atoms with Gasteiger partial charge in [0.1, 0.15) is 0 Å². The second kappa shape index (κ2) is 5.48. The zero-order valence-corrected chi connectivity index (χ0v) is 11.7. The Morgan fingerprint density at radius 3 is 2.67 bits per heavy atom. The van der Waals surface area contributed by atoms with E-state index < -0.39 is 28.9 Å². The molecule has 0 spiro atoms. The first-order valence-corrected chi connectivity index (χ1v) is 7.31. The van der Waals surface area contributed by atoms with Gasteiger partial charge in [0.2, 0.25) is 0 Å². The van der Waals surface area contributed by atoms with E-state index in [2.05, 4.69) is 10.3 Å². The molecule has 0 saturated heterocycles. The third-order valence-electron chi connectivity index (χ3n) is 3.35. The van der Waals surface area contributed by atoms with Crippen LogP contribution in [-0.4, -0.2) is 10.9 Å². The van der Waals surface area contributed by atoms with Gasteiger partial charge in [0.15, 0.2) is 22.6 Å². The van der Waals surface area contributed by atoms with E-state index >= 15 is 0 Å². The van der Waals surface area contributed by atoms with E-state index in [-0.39, 0.29) is 0 Å². The predicted octanol–water partition coefficient (Wildman–Crippen LogP) is 3.69. The first-order valence-electron chi connectivity index (χ1n) is 6.49. The number of carbonyl (C=O) groups is 1. The summed E-state index contributed by atoms with van der Waals surface area (Å²) in [6, 6.07) is 1.64. The van der Waals surface area contributed by atoms with Gasteiger partial charge in [0, 0.05) is 4.88 Å². The molecule has 0 fully saturated rings. The van der Waals surface area contributed by atoms with Crippen molar-refractivity contribution in [2.24, 2.45) is 0 Å². The first-order chi connectivity index (χ1) is 10.1. The fourth-order valence-electron chi connectivity index (χ4n) is 2.27. The van der Waals surface area contributed by atoms with Crippen LogP contribution < -0.4 is 5.32 Å². The fraction of sp³-hybridized carbons (Fsp3) is 0.286. The quantitative estimate of drug-likeness (QED) is 0.859. The maximum absolute atomic E-state index is 13.5. The Balaban J connectivity index is 1.83. The number of rotatable bonds is 2. The van der Waals surface area contributed by atoms with Gasteiger partial charge >= 0.3 is 0 Å². The zero-order valence-electron chi connectivity index (χ0n) is 10.9. The van der Waals surface area contributed by atoms with Crippen LogP contribution in [0.1, 0.15) is 33.8 Å². The van der Waals surface area contributed by atoms with Crippen molar-refractivity contribution >= 4 is 22.4 Å². The lowest BCUT2D eigenvalue weighted by Crippen LogP contribution is -2.15. The molecule has 0 saturated carbocycles. The molecule has 1 aliphatic carbocycles. The molecule has 7 heteroatoms. The molecule has 1 aromatic heterocycles. The fourth-order valence-corrected chi connectivity index (χ4v) is 3.32. The summed E-state index contributed by atoms with van der Waals surface area (Å²) in [6.45, 7) is 0. The van der Waals surface area contributed by atoms with Crippen LogP contribution in [0.3, 0.4) is 0 Å². The van der Waals surface area contributed by atoms with Crippen LogP contribution in [0, 0.1) is 17.5 Å². The molecule has 0 aliphatic heterocycles. The van der Waals surface area contributed by atoms with E-state index in [0.717, 1.165) is 48.4 Å². The Kier molecular flexibility index (Phi) is 3.67. The summed E-state index contributed by atoms with van der Waals surface area (Å²) < 4.78 is 39.5. The van der Waals surface area contributed by atoms with Gasteiger partial charge in [-0.2, -0.15) is 0 Å². The average Bonchev–Trinajstić information content (AvgIpc) is 2.86. The second-order valence-corrected chi connectivity index (χ2v) is 5.86. The maximum Gasteiger partial charge on any atom is 0.260 e. The Morgan fingerprint density at radius 1 is 1.14 bits per heavy atom. The van der Waals surface area contributed by atoms with Crippen LogP contribution in [0.15, 0.2) is 12.1 Å². The summed E-state index contributed by atoms with van der Waals surface area (Å²) in [5.74, 6) is -5.30. The number of carbonyl (C=O) groups excluding carboxylic acids is 1. The number of benzene rings is 1. The number of halogens is 3. The number of fused-ring (bicyclic) bond motifs is 1. The van der Waals surface area contributed by atoms with E-state index in [1.165, 1.54) is 11.3 Å². The van der Waals surface area contributed by atoms with E-state index in [4.69, 9.17) is 0 Å². The molecule has 1 amide bonds. The lowest BCUT2D eigenvalue weighted by molar-refractivity contribution is 0.102. The van der Waals surface area contributed by atoms with Crippen molar-refractivity contribution in [3.05, 3.63) is 45.7 Å². The minimum Gasteiger partial charge on any atom is -0.298 e. The highest BCUT2D eigenvalue weighted by molar-refractivity contribution is 7.15. The minimum atomic E-state index is -1.65. The van der Waals surface area contributed by atoms with Gasteiger partial charge in [-0.3, -0.25) is 10.1 Å². The number of hydrogen-bond acceptors (Lipinski definition) is 3. The normalized spacial score (nSPS) is 13.9. The van der Waals surface area contributed by atoms with Gasteiger partial charge in [0.05, 0.1) is 11.3 Å². The van der Waals surface area contributed by atoms with Crippen molar-refractivity contribution in [1.29, 1.82) is 0 Å². The van der Waals surface area contributed by atoms with Gasteiger partial charge in [-0.1, -0.05) is 0 Å². The van der Waals surface area contributed by atoms with Crippen molar-refractivity contribution in [2.45, 2.75) is 25.7 Å². The number of nitrogens with zero attached hydrogens (tertiary/aromatic N) is 1. The molecule has 1 aromatic carbocycles. The number of thiazole rings is 1. The van der Waals surface area contributed by atoms with Crippen molar-refractivity contribution < 1.29 is 18.0 Å². The molecule has 1 aliphatic rings. The summed E-state index contributed by atoms with van der Waals surface area (Å²) in [6.07, 6.45) is 3.92. The molecule has 0 atom stereocenters. The van der Waals surface area contributed by atoms with Gasteiger partial charge in [0.25, 0.3) is 5.91 Å². The molecule has 21 heavy (non-hydrogen) atoms. The molecule has 110 valence electrons. The smallest absolute Gasteiger partial charge is 0.260 e. The topological polar surface area (TPSA) is 42.0 Å². The SMILES string of the molecule is O=C(Nc1nc2c(s1)CCCC2)c1ccc(F)c(F)c1F. The van der Waals surface area contributed by atoms with Gasteiger partial charge in [-0.15, -0.1) is 11.3 Å². The molecule has 0 radical (unpaired) electrons. The Bertz CT molecular complexity index is 691. The number of nitrogens with one attached hydrogen (secondary N) is 1. The van der Waals surface area contributed by atoms with Gasteiger partial charge in [-0.25, -0.2) is 18.2 Å². The van der Waals surface area contributed by atoms with Crippen LogP contribution >= 0.6 is 11.3 Å². The van der Waals surface area contributed by atoms with Crippen LogP contribution in [0.5, 0.6) is 0 Å². The molecule has 1 heterocycles. The Hall–Kier alpha value is -1.89. The van der Waals surface area contributed by atoms with Crippen LogP contribution in [0.4, 0.5) is 18.3 Å². The average molecular weight is 312 g/mol. The van der Waals surface area contributed by atoms with Gasteiger partial charge < -0.3 is 0 Å². The Labute approximate surface area is 122 Å². The van der Waals surface area contributed by atoms with E-state index in [9.17, 15) is 18.0 Å². The number of aryl methyl sites for hydroxylation is 2. The zero-order chi connectivity index (χ0) is 15.0. The number of amides is 1. The summed E-state index contributed by atoms with van der Waals surface area (Å²) in [5.41, 5.74) is 0.411. The van der Waals surface area contributed by atoms with Gasteiger partial charge in [-0.05, 0) is 37.8 Å². The molecule has 2 aromatic rings. The van der Waals surface area contributed by atoms with Crippen LogP contribution in [0.2, 0.25) is 0 Å². The van der Waals surface area contributed by atoms with Crippen LogP contribution in [-0.2, 0) is 12.8 Å². The molecule has 1 N–H and O–H groups in total. The highest BCUT2D eigenvalue weighted by atomic mass is 32.1. The summed E-state index contributed by atoms with van der Waals surface area (Å²) in [7, 11) is 0. The third-order valence-corrected chi connectivity index (χ3v) is 4.42. The van der Waals surface area contributed by atoms with Crippen LogP contribution in [0.25, 0.3) is 0 Å². The van der Waals surface area contributed by atoms with Crippen molar-refractivity contribution in [2.75, 3.05) is 5.32 Å². The molecular formula is C14H11F3N2OS. The first kappa shape index (κ1) is 14.1. The number of aromatic nitrogens is 1. The standard InChI is InChI=1S/C14H11F3N2OS/c15-8-6-5-7(11(16)12(8)17)13(20)19-14-18-9-3-1-2-4-10(9)21-14/h5-6H,1-4H2,(H,18,19,20). The highest BCUT2D eigenvalue weighted by Gasteiger charge is 2.21. The van der Waals surface area contributed by atoms with Crippen molar-refractivity contribution in [3.63, 3.8) is 0 Å². The lowest BCUT2D eigenvalue weighted by Gasteiger charge is -2.06. The number of anilines is 1. The summed E-state index contributed by atoms with van der Waals surface area (Å²) in [4.78, 5) is 17.3. The Morgan fingerprint density at radius 2 is 1.90 bits per heavy atom. The van der Waals surface area contributed by atoms with Crippen molar-refractivity contribution in [3.8, 4) is 0 Å². The largest absolute Gasteiger partial charge is 0.298 e. The highest BCUT2D eigenvalue weighted by Crippen LogP contribution is 2.30. The minimum absolute atomic E-state index is 0.357. The second-order valence-electron chi connectivity index (χ2n) is 4.77. The molecular weight excluding hydrogens is 301 g/mol. The molecule has 0 unspecified atom stereocenters.